The fourth-order valence-corrected chi connectivity index (χ4v) is 2.90. The molecular formula is C18H27FN2O. The number of carbonyl (C=O) groups excluding carboxylic acids is 1. The number of rotatable bonds is 8. The van der Waals surface area contributed by atoms with E-state index in [0.717, 1.165) is 44.5 Å². The average Bonchev–Trinajstić information content (AvgIpc) is 2.83. The van der Waals surface area contributed by atoms with E-state index in [-0.39, 0.29) is 5.82 Å². The Hall–Kier alpha value is -1.42. The Balaban J connectivity index is 1.71. The van der Waals surface area contributed by atoms with Gasteiger partial charge >= 0.3 is 0 Å². The average molecular weight is 306 g/mol. The Labute approximate surface area is 132 Å². The molecule has 4 heteroatoms. The largest absolute Gasteiger partial charge is 0.340 e. The lowest BCUT2D eigenvalue weighted by Gasteiger charge is -2.25. The molecule has 1 atom stereocenters. The highest BCUT2D eigenvalue weighted by Gasteiger charge is 2.29. The normalized spacial score (nSPS) is 18.5. The van der Waals surface area contributed by atoms with E-state index in [4.69, 9.17) is 0 Å². The van der Waals surface area contributed by atoms with Crippen molar-refractivity contribution in [1.29, 1.82) is 0 Å². The Bertz CT molecular complexity index is 472. The first-order chi connectivity index (χ1) is 10.6. The van der Waals surface area contributed by atoms with Crippen molar-refractivity contribution in [3.63, 3.8) is 0 Å². The van der Waals surface area contributed by atoms with E-state index in [1.807, 2.05) is 0 Å². The van der Waals surface area contributed by atoms with Gasteiger partial charge in [0.05, 0.1) is 0 Å². The number of carbonyl (C=O) groups is 1. The van der Waals surface area contributed by atoms with Crippen LogP contribution in [-0.2, 0) is 11.3 Å². The Morgan fingerprint density at radius 1 is 1.32 bits per heavy atom. The van der Waals surface area contributed by atoms with Crippen LogP contribution in [0.15, 0.2) is 24.3 Å². The summed E-state index contributed by atoms with van der Waals surface area (Å²) in [5, 5.41) is 3.39. The second kappa shape index (κ2) is 8.28. The zero-order chi connectivity index (χ0) is 15.9. The molecule has 3 nitrogen and oxygen atoms in total. The third kappa shape index (κ3) is 5.09. The van der Waals surface area contributed by atoms with Crippen molar-refractivity contribution in [3.8, 4) is 0 Å². The van der Waals surface area contributed by atoms with E-state index in [2.05, 4.69) is 24.1 Å². The summed E-state index contributed by atoms with van der Waals surface area (Å²) in [7, 11) is 0. The van der Waals surface area contributed by atoms with Gasteiger partial charge < -0.3 is 10.2 Å². The molecule has 1 aliphatic rings. The molecule has 1 aromatic rings. The minimum Gasteiger partial charge on any atom is -0.340 e. The molecular weight excluding hydrogens is 279 g/mol. The molecule has 1 saturated heterocycles. The van der Waals surface area contributed by atoms with Gasteiger partial charge in [0.15, 0.2) is 0 Å². The highest BCUT2D eigenvalue weighted by molar-refractivity contribution is 5.78. The van der Waals surface area contributed by atoms with Crippen LogP contribution in [0.4, 0.5) is 4.39 Å². The summed E-state index contributed by atoms with van der Waals surface area (Å²) in [6.07, 6.45) is 3.74. The molecule has 0 saturated carbocycles. The molecule has 1 heterocycles. The maximum Gasteiger partial charge on any atom is 0.222 e. The predicted octanol–water partition coefficient (Wildman–Crippen LogP) is 3.34. The minimum atomic E-state index is -0.200. The first-order valence-electron chi connectivity index (χ1n) is 8.31. The molecule has 0 aliphatic carbocycles. The fraction of sp³-hybridized carbons (Fsp3) is 0.611. The molecule has 2 rings (SSSR count). The van der Waals surface area contributed by atoms with E-state index in [9.17, 15) is 9.18 Å². The lowest BCUT2D eigenvalue weighted by molar-refractivity contribution is -0.129. The van der Waals surface area contributed by atoms with E-state index in [0.29, 0.717) is 24.3 Å². The third-order valence-corrected chi connectivity index (χ3v) is 4.30. The lowest BCUT2D eigenvalue weighted by Crippen LogP contribution is -2.36. The molecule has 1 aromatic carbocycles. The molecule has 22 heavy (non-hydrogen) atoms. The molecule has 0 spiro atoms. The van der Waals surface area contributed by atoms with Crippen molar-refractivity contribution in [1.82, 2.24) is 10.2 Å². The first kappa shape index (κ1) is 16.9. The molecule has 0 unspecified atom stereocenters. The van der Waals surface area contributed by atoms with Gasteiger partial charge in [-0.3, -0.25) is 4.79 Å². The van der Waals surface area contributed by atoms with E-state index < -0.39 is 0 Å². The quantitative estimate of drug-likeness (QED) is 0.747. The number of amides is 1. The van der Waals surface area contributed by atoms with Gasteiger partial charge in [-0.05, 0) is 49.4 Å². The summed E-state index contributed by atoms with van der Waals surface area (Å²) in [6.45, 7) is 6.90. The van der Waals surface area contributed by atoms with Gasteiger partial charge in [-0.15, -0.1) is 0 Å². The molecule has 1 N–H and O–H groups in total. The predicted molar refractivity (Wildman–Crippen MR) is 86.9 cm³/mol. The van der Waals surface area contributed by atoms with Crippen LogP contribution in [0.3, 0.4) is 0 Å². The summed E-state index contributed by atoms with van der Waals surface area (Å²) in [5.41, 5.74) is 1.08. The smallest absolute Gasteiger partial charge is 0.222 e. The first-order valence-corrected chi connectivity index (χ1v) is 8.31. The lowest BCUT2D eigenvalue weighted by atomic mass is 10.1. The highest BCUT2D eigenvalue weighted by atomic mass is 19.1. The van der Waals surface area contributed by atoms with Crippen molar-refractivity contribution in [2.45, 2.75) is 52.1 Å². The number of hydrogen-bond acceptors (Lipinski definition) is 2. The van der Waals surface area contributed by atoms with Crippen LogP contribution in [0.2, 0.25) is 0 Å². The number of likely N-dealkylation sites (tertiary alicyclic amines) is 1. The van der Waals surface area contributed by atoms with Crippen LogP contribution in [0.25, 0.3) is 0 Å². The van der Waals surface area contributed by atoms with Crippen molar-refractivity contribution in [3.05, 3.63) is 35.6 Å². The third-order valence-electron chi connectivity index (χ3n) is 4.30. The number of nitrogens with one attached hydrogen (secondary N) is 1. The van der Waals surface area contributed by atoms with Gasteiger partial charge in [0.1, 0.15) is 5.82 Å². The summed E-state index contributed by atoms with van der Waals surface area (Å²) in [6, 6.07) is 6.96. The fourth-order valence-electron chi connectivity index (χ4n) is 2.90. The maximum absolute atomic E-state index is 12.8. The Morgan fingerprint density at radius 2 is 2.05 bits per heavy atom. The van der Waals surface area contributed by atoms with Crippen molar-refractivity contribution in [2.75, 3.05) is 13.1 Å². The van der Waals surface area contributed by atoms with Crippen molar-refractivity contribution < 1.29 is 9.18 Å². The molecule has 0 bridgehead atoms. The summed E-state index contributed by atoms with van der Waals surface area (Å²) in [5.74, 6) is 0.740. The van der Waals surface area contributed by atoms with Gasteiger partial charge in [-0.2, -0.15) is 0 Å². The van der Waals surface area contributed by atoms with Crippen LogP contribution < -0.4 is 5.32 Å². The molecule has 1 amide bonds. The van der Waals surface area contributed by atoms with Gasteiger partial charge in [0, 0.05) is 25.6 Å². The second-order valence-corrected chi connectivity index (χ2v) is 6.55. The number of hydrogen-bond donors (Lipinski definition) is 1. The highest BCUT2D eigenvalue weighted by Crippen LogP contribution is 2.22. The van der Waals surface area contributed by atoms with E-state index >= 15 is 0 Å². The van der Waals surface area contributed by atoms with Gasteiger partial charge in [-0.25, -0.2) is 4.39 Å². The van der Waals surface area contributed by atoms with Crippen LogP contribution >= 0.6 is 0 Å². The van der Waals surface area contributed by atoms with Gasteiger partial charge in [-0.1, -0.05) is 26.0 Å². The topological polar surface area (TPSA) is 32.3 Å². The Kier molecular flexibility index (Phi) is 6.37. The zero-order valence-corrected chi connectivity index (χ0v) is 13.6. The monoisotopic (exact) mass is 306 g/mol. The summed E-state index contributed by atoms with van der Waals surface area (Å²) >= 11 is 0. The van der Waals surface area contributed by atoms with Crippen LogP contribution in [0.1, 0.15) is 45.1 Å². The summed E-state index contributed by atoms with van der Waals surface area (Å²) < 4.78 is 12.8. The van der Waals surface area contributed by atoms with E-state index in [1.54, 1.807) is 12.1 Å². The summed E-state index contributed by atoms with van der Waals surface area (Å²) in [4.78, 5) is 14.0. The van der Waals surface area contributed by atoms with Gasteiger partial charge in [0.2, 0.25) is 5.91 Å². The van der Waals surface area contributed by atoms with Crippen molar-refractivity contribution >= 4 is 5.91 Å². The van der Waals surface area contributed by atoms with Crippen LogP contribution in [-0.4, -0.2) is 29.9 Å². The van der Waals surface area contributed by atoms with Crippen LogP contribution in [0.5, 0.6) is 0 Å². The second-order valence-electron chi connectivity index (χ2n) is 6.55. The van der Waals surface area contributed by atoms with Gasteiger partial charge in [0.25, 0.3) is 0 Å². The number of benzene rings is 1. The molecule has 122 valence electrons. The molecule has 1 aliphatic heterocycles. The zero-order valence-electron chi connectivity index (χ0n) is 13.6. The van der Waals surface area contributed by atoms with E-state index in [1.165, 1.54) is 12.1 Å². The number of halogens is 1. The molecule has 0 radical (unpaired) electrons. The van der Waals surface area contributed by atoms with Crippen molar-refractivity contribution in [2.24, 2.45) is 5.92 Å². The minimum absolute atomic E-state index is 0.200. The molecule has 0 aromatic heterocycles. The van der Waals surface area contributed by atoms with Crippen LogP contribution in [0, 0.1) is 11.7 Å². The molecule has 1 fully saturated rings. The SMILES string of the molecule is CC(C)CCN1C(=O)CC[C@H]1CCNCc1ccc(F)cc1. The standard InChI is InChI=1S/C18H27FN2O/c1-14(2)10-12-21-17(7-8-18(21)22)9-11-20-13-15-3-5-16(19)6-4-15/h3-6,14,17,20H,7-13H2,1-2H3/t17-/m0/s1. The number of nitrogens with zero attached hydrogens (tertiary/aromatic N) is 1. The Morgan fingerprint density at radius 3 is 2.73 bits per heavy atom. The maximum atomic E-state index is 12.8.